The molecule has 3 nitrogen and oxygen atoms in total. The largest absolute Gasteiger partial charge is 0.461 e. The maximum absolute atomic E-state index is 11.8. The molecule has 0 amide bonds. The van der Waals surface area contributed by atoms with Crippen molar-refractivity contribution in [2.75, 3.05) is 12.3 Å². The number of nitrogens with two attached hydrogens (primary N) is 1. The highest BCUT2D eigenvalue weighted by molar-refractivity contribution is 7.18. The Hall–Kier alpha value is -1.81. The van der Waals surface area contributed by atoms with Gasteiger partial charge in [-0.2, -0.15) is 0 Å². The number of hydrogen-bond acceptors (Lipinski definition) is 4. The first-order valence-electron chi connectivity index (χ1n) is 5.84. The second-order valence-corrected chi connectivity index (χ2v) is 4.95. The van der Waals surface area contributed by atoms with E-state index in [1.54, 1.807) is 0 Å². The Morgan fingerprint density at radius 2 is 2.06 bits per heavy atom. The summed E-state index contributed by atoms with van der Waals surface area (Å²) in [5.74, 6) is -0.332. The second-order valence-electron chi connectivity index (χ2n) is 3.90. The maximum atomic E-state index is 11.8. The number of ether oxygens (including phenoxy) is 1. The van der Waals surface area contributed by atoms with E-state index in [0.717, 1.165) is 16.9 Å². The zero-order chi connectivity index (χ0) is 13.0. The van der Waals surface area contributed by atoms with Gasteiger partial charge >= 0.3 is 5.97 Å². The summed E-state index contributed by atoms with van der Waals surface area (Å²) in [6, 6.07) is 11.7. The number of benzene rings is 1. The highest BCUT2D eigenvalue weighted by atomic mass is 32.1. The summed E-state index contributed by atoms with van der Waals surface area (Å²) < 4.78 is 5.10. The molecule has 2 rings (SSSR count). The second kappa shape index (κ2) is 5.69. The van der Waals surface area contributed by atoms with Gasteiger partial charge in [-0.05, 0) is 18.1 Å². The first-order valence-corrected chi connectivity index (χ1v) is 6.66. The summed E-state index contributed by atoms with van der Waals surface area (Å²) in [6.07, 6.45) is 0.808. The standard InChI is InChI=1S/C14H15NO2S/c1-2-8-17-14(16)13-11(15)9-12(18-13)10-6-4-3-5-7-10/h3-7,9H,2,8,15H2,1H3. The Morgan fingerprint density at radius 3 is 2.72 bits per heavy atom. The van der Waals surface area contributed by atoms with Crippen molar-refractivity contribution in [1.82, 2.24) is 0 Å². The lowest BCUT2D eigenvalue weighted by molar-refractivity contribution is 0.0512. The highest BCUT2D eigenvalue weighted by Crippen LogP contribution is 2.33. The molecule has 18 heavy (non-hydrogen) atoms. The lowest BCUT2D eigenvalue weighted by Gasteiger charge is -2.00. The molecule has 1 aromatic heterocycles. The van der Waals surface area contributed by atoms with Gasteiger partial charge in [0.05, 0.1) is 12.3 Å². The van der Waals surface area contributed by atoms with Crippen molar-refractivity contribution in [3.63, 3.8) is 0 Å². The van der Waals surface area contributed by atoms with Gasteiger partial charge in [0.15, 0.2) is 0 Å². The number of nitrogen functional groups attached to an aromatic ring is 1. The van der Waals surface area contributed by atoms with Crippen molar-refractivity contribution < 1.29 is 9.53 Å². The summed E-state index contributed by atoms with van der Waals surface area (Å²) in [6.45, 7) is 2.39. The third kappa shape index (κ3) is 2.71. The molecule has 2 aromatic rings. The molecule has 0 aliphatic carbocycles. The molecule has 1 heterocycles. The molecule has 0 unspecified atom stereocenters. The lowest BCUT2D eigenvalue weighted by atomic mass is 10.2. The van der Waals surface area contributed by atoms with Crippen LogP contribution in [0.1, 0.15) is 23.0 Å². The third-order valence-corrected chi connectivity index (χ3v) is 3.62. The molecule has 1 aromatic carbocycles. The summed E-state index contributed by atoms with van der Waals surface area (Å²) in [4.78, 5) is 13.2. The SMILES string of the molecule is CCCOC(=O)c1sc(-c2ccccc2)cc1N. The normalized spacial score (nSPS) is 10.3. The molecule has 0 bridgehead atoms. The fourth-order valence-corrected chi connectivity index (χ4v) is 2.55. The molecule has 0 radical (unpaired) electrons. The van der Waals surface area contributed by atoms with Crippen LogP contribution >= 0.6 is 11.3 Å². The van der Waals surface area contributed by atoms with Gasteiger partial charge < -0.3 is 10.5 Å². The van der Waals surface area contributed by atoms with Gasteiger partial charge in [-0.25, -0.2) is 4.79 Å². The summed E-state index contributed by atoms with van der Waals surface area (Å²) >= 11 is 1.37. The van der Waals surface area contributed by atoms with Gasteiger partial charge in [-0.15, -0.1) is 11.3 Å². The third-order valence-electron chi connectivity index (χ3n) is 2.44. The van der Waals surface area contributed by atoms with E-state index >= 15 is 0 Å². The van der Waals surface area contributed by atoms with E-state index in [1.807, 2.05) is 43.3 Å². The van der Waals surface area contributed by atoms with Crippen LogP contribution in [0.2, 0.25) is 0 Å². The van der Waals surface area contributed by atoms with E-state index in [4.69, 9.17) is 10.5 Å². The zero-order valence-electron chi connectivity index (χ0n) is 10.2. The summed E-state index contributed by atoms with van der Waals surface area (Å²) in [5.41, 5.74) is 7.41. The quantitative estimate of drug-likeness (QED) is 0.856. The molecule has 0 atom stereocenters. The fourth-order valence-electron chi connectivity index (χ4n) is 1.57. The van der Waals surface area contributed by atoms with Crippen LogP contribution in [0.3, 0.4) is 0 Å². The predicted octanol–water partition coefficient (Wildman–Crippen LogP) is 3.56. The topological polar surface area (TPSA) is 52.3 Å². The minimum absolute atomic E-state index is 0.332. The average molecular weight is 261 g/mol. The van der Waals surface area contributed by atoms with E-state index in [9.17, 15) is 4.79 Å². The molecule has 94 valence electrons. The van der Waals surface area contributed by atoms with E-state index < -0.39 is 0 Å². The van der Waals surface area contributed by atoms with E-state index in [-0.39, 0.29) is 5.97 Å². The number of carbonyl (C=O) groups excluding carboxylic acids is 1. The van der Waals surface area contributed by atoms with Gasteiger partial charge in [0, 0.05) is 4.88 Å². The van der Waals surface area contributed by atoms with Crippen LogP contribution in [-0.2, 0) is 4.74 Å². The molecule has 2 N–H and O–H groups in total. The first kappa shape index (κ1) is 12.6. The van der Waals surface area contributed by atoms with Crippen molar-refractivity contribution in [1.29, 1.82) is 0 Å². The van der Waals surface area contributed by atoms with Crippen molar-refractivity contribution >= 4 is 23.0 Å². The van der Waals surface area contributed by atoms with Crippen LogP contribution in [0.5, 0.6) is 0 Å². The molecular weight excluding hydrogens is 246 g/mol. The van der Waals surface area contributed by atoms with E-state index in [1.165, 1.54) is 11.3 Å². The van der Waals surface area contributed by atoms with Gasteiger partial charge in [0.2, 0.25) is 0 Å². The minimum atomic E-state index is -0.332. The van der Waals surface area contributed by atoms with Crippen molar-refractivity contribution in [3.05, 3.63) is 41.3 Å². The first-order chi connectivity index (χ1) is 8.72. The van der Waals surface area contributed by atoms with Crippen molar-refractivity contribution in [2.24, 2.45) is 0 Å². The van der Waals surface area contributed by atoms with E-state index in [0.29, 0.717) is 17.2 Å². The molecule has 0 aliphatic rings. The smallest absolute Gasteiger partial charge is 0.350 e. The lowest BCUT2D eigenvalue weighted by Crippen LogP contribution is -2.05. The van der Waals surface area contributed by atoms with Crippen LogP contribution in [0, 0.1) is 0 Å². The maximum Gasteiger partial charge on any atom is 0.350 e. The van der Waals surface area contributed by atoms with Crippen LogP contribution in [0.4, 0.5) is 5.69 Å². The average Bonchev–Trinajstić information content (AvgIpc) is 2.79. The number of anilines is 1. The Balaban J connectivity index is 2.25. The fraction of sp³-hybridized carbons (Fsp3) is 0.214. The summed E-state index contributed by atoms with van der Waals surface area (Å²) in [5, 5.41) is 0. The van der Waals surface area contributed by atoms with Crippen LogP contribution < -0.4 is 5.73 Å². The number of hydrogen-bond donors (Lipinski definition) is 1. The summed E-state index contributed by atoms with van der Waals surface area (Å²) in [7, 11) is 0. The van der Waals surface area contributed by atoms with Crippen LogP contribution in [0.25, 0.3) is 10.4 Å². The molecular formula is C14H15NO2S. The van der Waals surface area contributed by atoms with Crippen LogP contribution in [-0.4, -0.2) is 12.6 Å². The minimum Gasteiger partial charge on any atom is -0.461 e. The Kier molecular flexibility index (Phi) is 3.99. The van der Waals surface area contributed by atoms with Gasteiger partial charge in [-0.1, -0.05) is 37.3 Å². The zero-order valence-corrected chi connectivity index (χ0v) is 11.0. The van der Waals surface area contributed by atoms with Crippen LogP contribution in [0.15, 0.2) is 36.4 Å². The molecule has 0 saturated carbocycles. The molecule has 0 fully saturated rings. The molecule has 0 spiro atoms. The Labute approximate surface area is 110 Å². The van der Waals surface area contributed by atoms with E-state index in [2.05, 4.69) is 0 Å². The van der Waals surface area contributed by atoms with Gasteiger partial charge in [0.25, 0.3) is 0 Å². The Bertz CT molecular complexity index is 534. The van der Waals surface area contributed by atoms with Gasteiger partial charge in [0.1, 0.15) is 4.88 Å². The highest BCUT2D eigenvalue weighted by Gasteiger charge is 2.16. The number of rotatable bonds is 4. The predicted molar refractivity (Wildman–Crippen MR) is 74.7 cm³/mol. The number of thiophene rings is 1. The number of esters is 1. The monoisotopic (exact) mass is 261 g/mol. The van der Waals surface area contributed by atoms with Gasteiger partial charge in [-0.3, -0.25) is 0 Å². The van der Waals surface area contributed by atoms with Crippen molar-refractivity contribution in [3.8, 4) is 10.4 Å². The molecule has 0 aliphatic heterocycles. The molecule has 0 saturated heterocycles. The Morgan fingerprint density at radius 1 is 1.33 bits per heavy atom. The van der Waals surface area contributed by atoms with Crippen molar-refractivity contribution in [2.45, 2.75) is 13.3 Å². The number of carbonyl (C=O) groups is 1. The molecule has 4 heteroatoms.